The molecule has 3 aromatic carbocycles. The van der Waals surface area contributed by atoms with Gasteiger partial charge in [-0.05, 0) is 70.7 Å². The molecule has 3 aliphatic rings. The molecule has 0 radical (unpaired) electrons. The Morgan fingerprint density at radius 1 is 0.658 bits per heavy atom. The van der Waals surface area contributed by atoms with Crippen LogP contribution in [0.25, 0.3) is 0 Å². The molecule has 196 valence electrons. The van der Waals surface area contributed by atoms with Crippen molar-refractivity contribution in [1.82, 2.24) is 9.80 Å². The van der Waals surface area contributed by atoms with Gasteiger partial charge in [0.25, 0.3) is 0 Å². The number of hydrogen-bond acceptors (Lipinski definition) is 6. The Balaban J connectivity index is 1.47. The molecule has 1 saturated heterocycles. The van der Waals surface area contributed by atoms with Crippen molar-refractivity contribution in [2.45, 2.75) is 66.3 Å². The van der Waals surface area contributed by atoms with E-state index in [0.717, 1.165) is 34.9 Å². The normalized spacial score (nSPS) is 24.2. The molecule has 0 unspecified atom stereocenters. The van der Waals surface area contributed by atoms with Crippen LogP contribution in [0.3, 0.4) is 0 Å². The summed E-state index contributed by atoms with van der Waals surface area (Å²) >= 11 is 0. The van der Waals surface area contributed by atoms with Gasteiger partial charge >= 0.3 is 0 Å². The van der Waals surface area contributed by atoms with Crippen LogP contribution in [0.2, 0.25) is 0 Å². The third-order valence-electron chi connectivity index (χ3n) is 8.27. The lowest BCUT2D eigenvalue weighted by Gasteiger charge is -2.39. The zero-order valence-corrected chi connectivity index (χ0v) is 23.4. The Hall–Kier alpha value is -3.80. The van der Waals surface area contributed by atoms with Crippen molar-refractivity contribution in [3.63, 3.8) is 0 Å². The highest BCUT2D eigenvalue weighted by Gasteiger charge is 2.59. The highest BCUT2D eigenvalue weighted by atomic mass is 16.7. The summed E-state index contributed by atoms with van der Waals surface area (Å²) in [5, 5.41) is 9.48. The lowest BCUT2D eigenvalue weighted by atomic mass is 9.90. The summed E-state index contributed by atoms with van der Waals surface area (Å²) in [6.45, 7) is 16.5. The van der Waals surface area contributed by atoms with Gasteiger partial charge in [0.05, 0.1) is 6.42 Å². The average Bonchev–Trinajstić information content (AvgIpc) is 3.31. The molecule has 38 heavy (non-hydrogen) atoms. The maximum absolute atomic E-state index is 6.55. The zero-order chi connectivity index (χ0) is 26.8. The maximum Gasteiger partial charge on any atom is 0.243 e. The summed E-state index contributed by atoms with van der Waals surface area (Å²) in [5.41, 5.74) is 9.16. The molecule has 0 N–H and O–H groups in total. The van der Waals surface area contributed by atoms with E-state index in [4.69, 9.17) is 20.0 Å². The van der Waals surface area contributed by atoms with Crippen LogP contribution < -0.4 is 0 Å². The van der Waals surface area contributed by atoms with Crippen molar-refractivity contribution in [1.29, 1.82) is 0 Å². The minimum atomic E-state index is -0.813. The van der Waals surface area contributed by atoms with Crippen LogP contribution in [-0.4, -0.2) is 40.3 Å². The topological polar surface area (TPSA) is 49.7 Å². The molecule has 0 aliphatic carbocycles. The second-order valence-corrected chi connectivity index (χ2v) is 11.4. The lowest BCUT2D eigenvalue weighted by molar-refractivity contribution is -0.170. The monoisotopic (exact) mass is 508 g/mol. The van der Waals surface area contributed by atoms with Gasteiger partial charge in [-0.15, -0.1) is 0 Å². The van der Waals surface area contributed by atoms with E-state index in [2.05, 4.69) is 107 Å². The Bertz CT molecular complexity index is 1450. The lowest BCUT2D eigenvalue weighted by Crippen LogP contribution is -2.51. The number of fused-ring (bicyclic) bond motifs is 2. The summed E-state index contributed by atoms with van der Waals surface area (Å²) in [4.78, 5) is 17.6. The summed E-state index contributed by atoms with van der Waals surface area (Å²) in [6, 6.07) is 19.3. The van der Waals surface area contributed by atoms with Crippen LogP contribution in [0.1, 0.15) is 63.4 Å². The molecule has 6 rings (SSSR count). The molecule has 6 nitrogen and oxygen atoms in total. The van der Waals surface area contributed by atoms with E-state index < -0.39 is 11.4 Å². The van der Waals surface area contributed by atoms with Gasteiger partial charge in [-0.2, -0.15) is 0 Å². The Kier molecular flexibility index (Phi) is 5.56. The molecule has 0 amide bonds. The van der Waals surface area contributed by atoms with Crippen molar-refractivity contribution in [2.24, 2.45) is 10.3 Å². The molecule has 6 heteroatoms. The smallest absolute Gasteiger partial charge is 0.243 e. The molecule has 3 aromatic rings. The van der Waals surface area contributed by atoms with Gasteiger partial charge in [0.2, 0.25) is 11.4 Å². The van der Waals surface area contributed by atoms with Gasteiger partial charge in [-0.1, -0.05) is 76.0 Å². The van der Waals surface area contributed by atoms with E-state index in [-0.39, 0.29) is 0 Å². The molecule has 3 heterocycles. The minimum Gasteiger partial charge on any atom is -0.365 e. The van der Waals surface area contributed by atoms with Crippen LogP contribution in [-0.2, 0) is 15.4 Å². The van der Waals surface area contributed by atoms with Crippen LogP contribution >= 0.6 is 0 Å². The molecule has 1 fully saturated rings. The van der Waals surface area contributed by atoms with Gasteiger partial charge in [-0.3, -0.25) is 0 Å². The summed E-state index contributed by atoms with van der Waals surface area (Å²) in [6.07, 6.45) is 0.540. The Morgan fingerprint density at radius 2 is 1.13 bits per heavy atom. The largest absolute Gasteiger partial charge is 0.365 e. The SMILES string of the molecule is Cc1cc(C)c(C2=NO[C@]3(C)C[C@@]4(c5ccccc5)ON=C(c5c(C)cc(C)cc5C)N4CCN23)c(C)c1. The quantitative estimate of drug-likeness (QED) is 0.423. The molecular formula is C32H36N4O2. The second-order valence-electron chi connectivity index (χ2n) is 11.4. The first-order valence-corrected chi connectivity index (χ1v) is 13.4. The predicted molar refractivity (Wildman–Crippen MR) is 151 cm³/mol. The molecule has 2 atom stereocenters. The van der Waals surface area contributed by atoms with Crippen molar-refractivity contribution < 1.29 is 9.68 Å². The molecule has 0 bridgehead atoms. The van der Waals surface area contributed by atoms with Crippen molar-refractivity contribution in [2.75, 3.05) is 13.1 Å². The number of benzene rings is 3. The van der Waals surface area contributed by atoms with Crippen LogP contribution in [0.4, 0.5) is 0 Å². The number of hydrogen-bond donors (Lipinski definition) is 0. The number of rotatable bonds is 3. The van der Waals surface area contributed by atoms with Gasteiger partial charge < -0.3 is 19.5 Å². The Labute approximate surface area is 225 Å². The van der Waals surface area contributed by atoms with Crippen molar-refractivity contribution in [3.8, 4) is 0 Å². The predicted octanol–water partition coefficient (Wildman–Crippen LogP) is 6.20. The van der Waals surface area contributed by atoms with Crippen molar-refractivity contribution in [3.05, 3.63) is 105 Å². The third kappa shape index (κ3) is 3.61. The van der Waals surface area contributed by atoms with E-state index in [1.54, 1.807) is 0 Å². The van der Waals surface area contributed by atoms with Gasteiger partial charge in [0, 0.05) is 29.8 Å². The molecular weight excluding hydrogens is 472 g/mol. The van der Waals surface area contributed by atoms with E-state index in [1.165, 1.54) is 33.4 Å². The van der Waals surface area contributed by atoms with E-state index >= 15 is 0 Å². The number of amidine groups is 2. The molecule has 0 saturated carbocycles. The fourth-order valence-electron chi connectivity index (χ4n) is 6.82. The van der Waals surface area contributed by atoms with Crippen LogP contribution in [0, 0.1) is 41.5 Å². The van der Waals surface area contributed by atoms with E-state index in [9.17, 15) is 0 Å². The fourth-order valence-corrected chi connectivity index (χ4v) is 6.82. The van der Waals surface area contributed by atoms with E-state index in [1.807, 2.05) is 6.07 Å². The average molecular weight is 509 g/mol. The third-order valence-corrected chi connectivity index (χ3v) is 8.27. The minimum absolute atomic E-state index is 0.540. The highest BCUT2D eigenvalue weighted by Crippen LogP contribution is 2.48. The molecule has 0 spiro atoms. The van der Waals surface area contributed by atoms with Crippen LogP contribution in [0.15, 0.2) is 64.9 Å². The fraction of sp³-hybridized carbons (Fsp3) is 0.375. The summed E-state index contributed by atoms with van der Waals surface area (Å²) < 4.78 is 0. The first-order chi connectivity index (χ1) is 18.1. The first-order valence-electron chi connectivity index (χ1n) is 13.4. The van der Waals surface area contributed by atoms with Gasteiger partial charge in [-0.25, -0.2) is 0 Å². The first kappa shape index (κ1) is 24.5. The standard InChI is InChI=1S/C32H36N4O2/c1-20-15-22(3)27(23(4)16-20)29-33-37-31(7)19-32(26-11-9-8-10-12-26)36(14-13-35(29)31)30(34-38-32)28-24(5)17-21(2)18-25(28)6/h8-12,15-18H,13-14,19H2,1-7H3/t31-,32+/m1/s1. The van der Waals surface area contributed by atoms with E-state index in [0.29, 0.717) is 13.0 Å². The molecule has 3 aliphatic heterocycles. The van der Waals surface area contributed by atoms with Gasteiger partial charge in [0.15, 0.2) is 11.7 Å². The summed E-state index contributed by atoms with van der Waals surface area (Å²) in [7, 11) is 0. The highest BCUT2D eigenvalue weighted by molar-refractivity contribution is 6.03. The number of oxime groups is 2. The maximum atomic E-state index is 6.55. The van der Waals surface area contributed by atoms with Crippen molar-refractivity contribution >= 4 is 11.7 Å². The molecule has 0 aromatic heterocycles. The zero-order valence-electron chi connectivity index (χ0n) is 23.4. The van der Waals surface area contributed by atoms with Gasteiger partial charge in [0.1, 0.15) is 0 Å². The van der Waals surface area contributed by atoms with Crippen LogP contribution in [0.5, 0.6) is 0 Å². The Morgan fingerprint density at radius 3 is 1.68 bits per heavy atom. The number of nitrogens with zero attached hydrogens (tertiary/aromatic N) is 4. The number of aryl methyl sites for hydroxylation is 6. The summed E-state index contributed by atoms with van der Waals surface area (Å²) in [5.74, 6) is 1.78. The second kappa shape index (κ2) is 8.62.